The van der Waals surface area contributed by atoms with Crippen LogP contribution in [0.15, 0.2) is 48.7 Å². The highest BCUT2D eigenvalue weighted by molar-refractivity contribution is 14.1. The summed E-state index contributed by atoms with van der Waals surface area (Å²) in [5.74, 6) is 0.0555. The van der Waals surface area contributed by atoms with Crippen molar-refractivity contribution < 1.29 is 14.6 Å². The summed E-state index contributed by atoms with van der Waals surface area (Å²) >= 11 is 2.17. The third-order valence-electron chi connectivity index (χ3n) is 2.25. The number of aromatic nitrogens is 1. The van der Waals surface area contributed by atoms with Crippen LogP contribution in [-0.4, -0.2) is 16.1 Å². The predicted molar refractivity (Wildman–Crippen MR) is 80.1 cm³/mol. The van der Waals surface area contributed by atoms with Gasteiger partial charge in [-0.2, -0.15) is 0 Å². The minimum absolute atomic E-state index is 0.379. The molecule has 1 heterocycles. The van der Waals surface area contributed by atoms with Gasteiger partial charge >= 0.3 is 5.97 Å². The summed E-state index contributed by atoms with van der Waals surface area (Å²) < 4.78 is 6.67. The summed E-state index contributed by atoms with van der Waals surface area (Å²) in [5.41, 5.74) is 0.615. The number of halogens is 1. The first-order valence-electron chi connectivity index (χ1n) is 5.45. The molecule has 2 aromatic rings. The second-order valence-electron chi connectivity index (χ2n) is 3.60. The SMILES string of the molecule is O=C(O)/C=C/c1cccnc1Oc1ccccc1I. The number of nitrogens with zero attached hydrogens (tertiary/aromatic N) is 1. The molecule has 1 N–H and O–H groups in total. The van der Waals surface area contributed by atoms with Crippen LogP contribution >= 0.6 is 22.6 Å². The Labute approximate surface area is 123 Å². The molecule has 0 aliphatic heterocycles. The molecule has 0 radical (unpaired) electrons. The Bertz CT molecular complexity index is 626. The molecule has 5 heteroatoms. The number of hydrogen-bond acceptors (Lipinski definition) is 3. The van der Waals surface area contributed by atoms with Gasteiger partial charge in [-0.3, -0.25) is 0 Å². The quantitative estimate of drug-likeness (QED) is 0.663. The van der Waals surface area contributed by atoms with E-state index in [9.17, 15) is 4.79 Å². The molecule has 0 saturated heterocycles. The van der Waals surface area contributed by atoms with E-state index in [1.54, 1.807) is 18.3 Å². The van der Waals surface area contributed by atoms with E-state index in [2.05, 4.69) is 27.6 Å². The highest BCUT2D eigenvalue weighted by Gasteiger charge is 2.06. The van der Waals surface area contributed by atoms with Crippen LogP contribution in [0.3, 0.4) is 0 Å². The fourth-order valence-electron chi connectivity index (χ4n) is 1.41. The van der Waals surface area contributed by atoms with Crippen molar-refractivity contribution in [2.45, 2.75) is 0 Å². The fraction of sp³-hybridized carbons (Fsp3) is 0. The highest BCUT2D eigenvalue weighted by Crippen LogP contribution is 2.27. The fourth-order valence-corrected chi connectivity index (χ4v) is 1.91. The second-order valence-corrected chi connectivity index (χ2v) is 4.76. The van der Waals surface area contributed by atoms with Gasteiger partial charge in [0.15, 0.2) is 0 Å². The number of pyridine rings is 1. The van der Waals surface area contributed by atoms with Crippen molar-refractivity contribution >= 4 is 34.6 Å². The second kappa shape index (κ2) is 6.33. The lowest BCUT2D eigenvalue weighted by molar-refractivity contribution is -0.131. The van der Waals surface area contributed by atoms with Gasteiger partial charge in [-0.05, 0) is 52.9 Å². The number of para-hydroxylation sites is 1. The van der Waals surface area contributed by atoms with Crippen molar-refractivity contribution in [3.63, 3.8) is 0 Å². The summed E-state index contributed by atoms with van der Waals surface area (Å²) in [7, 11) is 0. The molecule has 0 aliphatic rings. The van der Waals surface area contributed by atoms with Crippen molar-refractivity contribution in [3.05, 3.63) is 57.8 Å². The first-order chi connectivity index (χ1) is 9.16. The van der Waals surface area contributed by atoms with E-state index in [1.807, 2.05) is 24.3 Å². The number of benzene rings is 1. The maximum Gasteiger partial charge on any atom is 0.328 e. The van der Waals surface area contributed by atoms with Crippen LogP contribution in [0.5, 0.6) is 11.6 Å². The number of rotatable bonds is 4. The molecule has 0 spiro atoms. The molecule has 4 nitrogen and oxygen atoms in total. The molecule has 0 fully saturated rings. The lowest BCUT2D eigenvalue weighted by Crippen LogP contribution is -1.93. The molecule has 0 atom stereocenters. The maximum atomic E-state index is 10.5. The molecular formula is C14H10INO3. The molecule has 96 valence electrons. The first-order valence-corrected chi connectivity index (χ1v) is 6.53. The van der Waals surface area contributed by atoms with E-state index >= 15 is 0 Å². The lowest BCUT2D eigenvalue weighted by Gasteiger charge is -2.08. The lowest BCUT2D eigenvalue weighted by atomic mass is 10.2. The average molecular weight is 367 g/mol. The van der Waals surface area contributed by atoms with Crippen LogP contribution in [0.25, 0.3) is 6.08 Å². The topological polar surface area (TPSA) is 59.4 Å². The van der Waals surface area contributed by atoms with Gasteiger partial charge in [-0.1, -0.05) is 12.1 Å². The Hall–Kier alpha value is -1.89. The zero-order chi connectivity index (χ0) is 13.7. The minimum Gasteiger partial charge on any atom is -0.478 e. The number of carbonyl (C=O) groups is 1. The molecule has 0 saturated carbocycles. The van der Waals surface area contributed by atoms with E-state index in [0.717, 1.165) is 9.65 Å². The number of carboxylic acid groups (broad SMARTS) is 1. The molecule has 0 aliphatic carbocycles. The molecule has 0 bridgehead atoms. The van der Waals surface area contributed by atoms with Crippen molar-refractivity contribution in [3.8, 4) is 11.6 Å². The van der Waals surface area contributed by atoms with E-state index in [-0.39, 0.29) is 0 Å². The van der Waals surface area contributed by atoms with Crippen LogP contribution < -0.4 is 4.74 Å². The first kappa shape index (κ1) is 13.5. The van der Waals surface area contributed by atoms with Gasteiger partial charge in [0.1, 0.15) is 5.75 Å². The average Bonchev–Trinajstić information content (AvgIpc) is 2.40. The Balaban J connectivity index is 2.30. The van der Waals surface area contributed by atoms with E-state index in [0.29, 0.717) is 17.2 Å². The monoisotopic (exact) mass is 367 g/mol. The molecular weight excluding hydrogens is 357 g/mol. The largest absolute Gasteiger partial charge is 0.478 e. The Morgan fingerprint density at radius 1 is 1.26 bits per heavy atom. The Morgan fingerprint density at radius 3 is 2.79 bits per heavy atom. The third kappa shape index (κ3) is 3.78. The Kier molecular flexibility index (Phi) is 4.51. The molecule has 0 unspecified atom stereocenters. The molecule has 2 rings (SSSR count). The third-order valence-corrected chi connectivity index (χ3v) is 3.14. The summed E-state index contributed by atoms with van der Waals surface area (Å²) in [6.45, 7) is 0. The van der Waals surface area contributed by atoms with Gasteiger partial charge in [0.25, 0.3) is 0 Å². The van der Waals surface area contributed by atoms with Gasteiger partial charge in [0.05, 0.1) is 3.57 Å². The predicted octanol–water partition coefficient (Wildman–Crippen LogP) is 3.58. The van der Waals surface area contributed by atoms with Crippen molar-refractivity contribution in [2.24, 2.45) is 0 Å². The molecule has 19 heavy (non-hydrogen) atoms. The summed E-state index contributed by atoms with van der Waals surface area (Å²) in [5, 5.41) is 8.65. The van der Waals surface area contributed by atoms with Crippen LogP contribution in [0.4, 0.5) is 0 Å². The van der Waals surface area contributed by atoms with Crippen LogP contribution in [0.1, 0.15) is 5.56 Å². The van der Waals surface area contributed by atoms with Gasteiger partial charge in [0, 0.05) is 17.8 Å². The van der Waals surface area contributed by atoms with E-state index in [1.165, 1.54) is 6.08 Å². The van der Waals surface area contributed by atoms with Crippen molar-refractivity contribution in [2.75, 3.05) is 0 Å². The van der Waals surface area contributed by atoms with Gasteiger partial charge < -0.3 is 9.84 Å². The summed E-state index contributed by atoms with van der Waals surface area (Å²) in [6.07, 6.45) is 4.11. The van der Waals surface area contributed by atoms with E-state index < -0.39 is 5.97 Å². The standard InChI is InChI=1S/C14H10INO3/c15-11-5-1-2-6-12(11)19-14-10(4-3-9-16-14)7-8-13(17)18/h1-9H,(H,17,18)/b8-7+. The number of carboxylic acids is 1. The minimum atomic E-state index is -1.01. The van der Waals surface area contributed by atoms with Crippen molar-refractivity contribution in [1.82, 2.24) is 4.98 Å². The van der Waals surface area contributed by atoms with E-state index in [4.69, 9.17) is 9.84 Å². The maximum absolute atomic E-state index is 10.5. The highest BCUT2D eigenvalue weighted by atomic mass is 127. The number of hydrogen-bond donors (Lipinski definition) is 1. The molecule has 1 aromatic heterocycles. The molecule has 0 amide bonds. The zero-order valence-electron chi connectivity index (χ0n) is 9.79. The summed E-state index contributed by atoms with van der Waals surface area (Å²) in [6, 6.07) is 11.0. The zero-order valence-corrected chi connectivity index (χ0v) is 11.9. The Morgan fingerprint density at radius 2 is 2.05 bits per heavy atom. The van der Waals surface area contributed by atoms with Gasteiger partial charge in [0.2, 0.25) is 5.88 Å². The van der Waals surface area contributed by atoms with Crippen molar-refractivity contribution in [1.29, 1.82) is 0 Å². The smallest absolute Gasteiger partial charge is 0.328 e. The normalized spacial score (nSPS) is 10.6. The number of aliphatic carboxylic acids is 1. The summed E-state index contributed by atoms with van der Waals surface area (Å²) in [4.78, 5) is 14.7. The van der Waals surface area contributed by atoms with Crippen LogP contribution in [0.2, 0.25) is 0 Å². The van der Waals surface area contributed by atoms with Gasteiger partial charge in [-0.25, -0.2) is 9.78 Å². The number of ether oxygens (including phenoxy) is 1. The van der Waals surface area contributed by atoms with Crippen LogP contribution in [-0.2, 0) is 4.79 Å². The molecule has 1 aromatic carbocycles. The van der Waals surface area contributed by atoms with Gasteiger partial charge in [-0.15, -0.1) is 0 Å². The van der Waals surface area contributed by atoms with Crippen LogP contribution in [0, 0.1) is 3.57 Å².